The van der Waals surface area contributed by atoms with Crippen LogP contribution in [0.3, 0.4) is 0 Å². The van der Waals surface area contributed by atoms with Crippen LogP contribution in [0.4, 0.5) is 11.6 Å². The molecule has 1 aromatic rings. The van der Waals surface area contributed by atoms with Crippen LogP contribution in [-0.2, 0) is 0 Å². The van der Waals surface area contributed by atoms with Gasteiger partial charge in [-0.3, -0.25) is 0 Å². The van der Waals surface area contributed by atoms with Gasteiger partial charge in [-0.05, 0) is 12.3 Å². The molecule has 20 heavy (non-hydrogen) atoms. The number of anilines is 2. The van der Waals surface area contributed by atoms with Crippen molar-refractivity contribution in [2.45, 2.75) is 59.3 Å². The standard InChI is InChI=1S/C15H29N5/c1-5-7-8-12(6-2)10-17-13-9-14(20-16)19-15(18-13)11(3)4/h9,11-12H,5-8,10,16H2,1-4H3,(H2,17,18,19,20). The molecule has 0 bridgehead atoms. The van der Waals surface area contributed by atoms with Gasteiger partial charge < -0.3 is 10.7 Å². The maximum atomic E-state index is 5.47. The highest BCUT2D eigenvalue weighted by Gasteiger charge is 2.10. The van der Waals surface area contributed by atoms with Gasteiger partial charge in [0, 0.05) is 18.5 Å². The Morgan fingerprint density at radius 1 is 1.20 bits per heavy atom. The fourth-order valence-electron chi connectivity index (χ4n) is 2.08. The predicted molar refractivity (Wildman–Crippen MR) is 85.7 cm³/mol. The molecule has 5 nitrogen and oxygen atoms in total. The number of hydrogen-bond donors (Lipinski definition) is 3. The number of nitrogens with two attached hydrogens (primary N) is 1. The molecule has 0 aromatic carbocycles. The van der Waals surface area contributed by atoms with E-state index in [0.29, 0.717) is 11.7 Å². The minimum absolute atomic E-state index is 0.283. The van der Waals surface area contributed by atoms with Crippen LogP contribution in [0.1, 0.15) is 65.1 Å². The summed E-state index contributed by atoms with van der Waals surface area (Å²) in [6.45, 7) is 9.59. The van der Waals surface area contributed by atoms with E-state index in [1.54, 1.807) is 0 Å². The summed E-state index contributed by atoms with van der Waals surface area (Å²) in [5.41, 5.74) is 2.61. The van der Waals surface area contributed by atoms with Crippen molar-refractivity contribution in [3.05, 3.63) is 11.9 Å². The second-order valence-corrected chi connectivity index (χ2v) is 5.59. The molecule has 0 saturated carbocycles. The van der Waals surface area contributed by atoms with Gasteiger partial charge in [-0.25, -0.2) is 15.8 Å². The molecule has 5 heteroatoms. The second-order valence-electron chi connectivity index (χ2n) is 5.59. The molecule has 114 valence electrons. The van der Waals surface area contributed by atoms with Crippen molar-refractivity contribution in [2.75, 3.05) is 17.3 Å². The fourth-order valence-corrected chi connectivity index (χ4v) is 2.08. The zero-order valence-electron chi connectivity index (χ0n) is 13.2. The van der Waals surface area contributed by atoms with E-state index in [1.165, 1.54) is 25.7 Å². The number of unbranched alkanes of at least 4 members (excludes halogenated alkanes) is 1. The van der Waals surface area contributed by atoms with Crippen LogP contribution in [0.25, 0.3) is 0 Å². The number of nitrogen functional groups attached to an aromatic ring is 1. The van der Waals surface area contributed by atoms with E-state index in [1.807, 2.05) is 6.07 Å². The molecule has 0 aliphatic carbocycles. The van der Waals surface area contributed by atoms with Crippen LogP contribution in [0, 0.1) is 5.92 Å². The Morgan fingerprint density at radius 3 is 2.45 bits per heavy atom. The van der Waals surface area contributed by atoms with Gasteiger partial charge in [-0.2, -0.15) is 0 Å². The molecule has 1 unspecified atom stereocenters. The predicted octanol–water partition coefficient (Wildman–Crippen LogP) is 3.51. The smallest absolute Gasteiger partial charge is 0.145 e. The van der Waals surface area contributed by atoms with E-state index in [4.69, 9.17) is 5.84 Å². The van der Waals surface area contributed by atoms with Gasteiger partial charge in [0.2, 0.25) is 0 Å². The summed E-state index contributed by atoms with van der Waals surface area (Å²) >= 11 is 0. The molecule has 1 rings (SSSR count). The molecule has 1 heterocycles. The summed E-state index contributed by atoms with van der Waals surface area (Å²) in [6, 6.07) is 1.86. The van der Waals surface area contributed by atoms with E-state index < -0.39 is 0 Å². The third-order valence-electron chi connectivity index (χ3n) is 3.52. The Bertz CT molecular complexity index is 392. The summed E-state index contributed by atoms with van der Waals surface area (Å²) in [5.74, 6) is 8.77. The van der Waals surface area contributed by atoms with Gasteiger partial charge in [-0.1, -0.05) is 47.0 Å². The number of aromatic nitrogens is 2. The molecule has 4 N–H and O–H groups in total. The third-order valence-corrected chi connectivity index (χ3v) is 3.52. The molecule has 1 atom stereocenters. The number of hydrazine groups is 1. The normalized spacial score (nSPS) is 12.5. The van der Waals surface area contributed by atoms with Crippen molar-refractivity contribution in [3.8, 4) is 0 Å². The summed E-state index contributed by atoms with van der Waals surface area (Å²) < 4.78 is 0. The largest absolute Gasteiger partial charge is 0.370 e. The quantitative estimate of drug-likeness (QED) is 0.476. The number of rotatable bonds is 9. The van der Waals surface area contributed by atoms with Crippen molar-refractivity contribution in [1.29, 1.82) is 0 Å². The first kappa shape index (κ1) is 16.7. The van der Waals surface area contributed by atoms with E-state index in [-0.39, 0.29) is 5.92 Å². The molecule has 0 aliphatic heterocycles. The van der Waals surface area contributed by atoms with Gasteiger partial charge >= 0.3 is 0 Å². The molecule has 1 aromatic heterocycles. The highest BCUT2D eigenvalue weighted by atomic mass is 15.3. The van der Waals surface area contributed by atoms with Crippen LogP contribution in [-0.4, -0.2) is 16.5 Å². The molecule has 0 aliphatic rings. The van der Waals surface area contributed by atoms with E-state index in [9.17, 15) is 0 Å². The molecular weight excluding hydrogens is 250 g/mol. The Morgan fingerprint density at radius 2 is 1.90 bits per heavy atom. The summed E-state index contributed by atoms with van der Waals surface area (Å²) in [7, 11) is 0. The lowest BCUT2D eigenvalue weighted by Gasteiger charge is -2.17. The maximum absolute atomic E-state index is 5.47. The molecule has 0 saturated heterocycles. The van der Waals surface area contributed by atoms with E-state index in [2.05, 4.69) is 48.4 Å². The monoisotopic (exact) mass is 279 g/mol. The Balaban J connectivity index is 2.68. The van der Waals surface area contributed by atoms with Crippen molar-refractivity contribution >= 4 is 11.6 Å². The Kier molecular flexibility index (Phi) is 7.30. The number of nitrogens with zero attached hydrogens (tertiary/aromatic N) is 2. The molecule has 0 spiro atoms. The zero-order valence-corrected chi connectivity index (χ0v) is 13.2. The average Bonchev–Trinajstić information content (AvgIpc) is 2.47. The summed E-state index contributed by atoms with van der Waals surface area (Å²) in [6.07, 6.45) is 5.00. The highest BCUT2D eigenvalue weighted by Crippen LogP contribution is 2.18. The topological polar surface area (TPSA) is 75.9 Å². The van der Waals surface area contributed by atoms with E-state index >= 15 is 0 Å². The third kappa shape index (κ3) is 5.33. The molecule has 0 fully saturated rings. The number of nitrogens with one attached hydrogen (secondary N) is 2. The lowest BCUT2D eigenvalue weighted by atomic mass is 9.99. The van der Waals surface area contributed by atoms with Crippen LogP contribution >= 0.6 is 0 Å². The minimum Gasteiger partial charge on any atom is -0.370 e. The van der Waals surface area contributed by atoms with Crippen molar-refractivity contribution in [3.63, 3.8) is 0 Å². The maximum Gasteiger partial charge on any atom is 0.145 e. The van der Waals surface area contributed by atoms with Gasteiger partial charge in [0.25, 0.3) is 0 Å². The second kappa shape index (κ2) is 8.74. The minimum atomic E-state index is 0.283. The first-order chi connectivity index (χ1) is 9.60. The summed E-state index contributed by atoms with van der Waals surface area (Å²) in [4.78, 5) is 8.91. The van der Waals surface area contributed by atoms with Crippen LogP contribution < -0.4 is 16.6 Å². The van der Waals surface area contributed by atoms with Crippen LogP contribution in [0.5, 0.6) is 0 Å². The zero-order chi connectivity index (χ0) is 15.0. The summed E-state index contributed by atoms with van der Waals surface area (Å²) in [5, 5.41) is 3.43. The lowest BCUT2D eigenvalue weighted by molar-refractivity contribution is 0.472. The van der Waals surface area contributed by atoms with Gasteiger partial charge in [0.15, 0.2) is 0 Å². The number of hydrogen-bond acceptors (Lipinski definition) is 5. The fraction of sp³-hybridized carbons (Fsp3) is 0.733. The molecular formula is C15H29N5. The van der Waals surface area contributed by atoms with Gasteiger partial charge in [-0.15, -0.1) is 0 Å². The van der Waals surface area contributed by atoms with Crippen molar-refractivity contribution in [2.24, 2.45) is 11.8 Å². The van der Waals surface area contributed by atoms with Gasteiger partial charge in [0.05, 0.1) is 0 Å². The average molecular weight is 279 g/mol. The van der Waals surface area contributed by atoms with Gasteiger partial charge in [0.1, 0.15) is 17.5 Å². The van der Waals surface area contributed by atoms with E-state index in [0.717, 1.165) is 18.2 Å². The Hall–Kier alpha value is -1.36. The van der Waals surface area contributed by atoms with Crippen molar-refractivity contribution < 1.29 is 0 Å². The molecule has 0 radical (unpaired) electrons. The van der Waals surface area contributed by atoms with Crippen molar-refractivity contribution in [1.82, 2.24) is 9.97 Å². The van der Waals surface area contributed by atoms with Crippen LogP contribution in [0.2, 0.25) is 0 Å². The molecule has 0 amide bonds. The Labute approximate surface area is 122 Å². The lowest BCUT2D eigenvalue weighted by Crippen LogP contribution is -2.17. The first-order valence-corrected chi connectivity index (χ1v) is 7.70. The first-order valence-electron chi connectivity index (χ1n) is 7.70. The van der Waals surface area contributed by atoms with Crippen LogP contribution in [0.15, 0.2) is 6.07 Å². The SMILES string of the molecule is CCCCC(CC)CNc1cc(NN)nc(C(C)C)n1. The highest BCUT2D eigenvalue weighted by molar-refractivity contribution is 5.47.